The molecule has 2 aromatic carbocycles. The van der Waals surface area contributed by atoms with E-state index >= 15 is 0 Å². The van der Waals surface area contributed by atoms with Crippen LogP contribution in [0.5, 0.6) is 5.75 Å². The molecule has 0 spiro atoms. The Morgan fingerprint density at radius 3 is 2.12 bits per heavy atom. The number of esters is 2. The summed E-state index contributed by atoms with van der Waals surface area (Å²) in [6, 6.07) is 16.8. The number of ether oxygens (including phenoxy) is 4. The molecule has 0 bridgehead atoms. The van der Waals surface area contributed by atoms with Gasteiger partial charge in [0.2, 0.25) is 0 Å². The number of alkyl carbamates (subject to hydrolysis) is 1. The molecule has 1 amide bonds. The SMILES string of the molecule is COC(=O)[C@@H](CCCCNC(=O)OC(C)(C)C)NCCC(C)(C(=O)OC)c1ccc(OCc2ccccc2)cc1. The lowest BCUT2D eigenvalue weighted by Crippen LogP contribution is -2.42. The standard InChI is InChI=1S/C31H44N2O7/c1-30(2,3)40-29(36)33-20-11-10-14-26(27(34)37-5)32-21-19-31(4,28(35)38-6)24-15-17-25(18-16-24)39-22-23-12-8-7-9-13-23/h7-9,12-13,15-18,26,32H,10-11,14,19-22H2,1-6H3,(H,33,36)/t26-,31?/m1/s1. The van der Waals surface area contributed by atoms with Crippen molar-refractivity contribution in [3.63, 3.8) is 0 Å². The van der Waals surface area contributed by atoms with Crippen molar-refractivity contribution in [3.05, 3.63) is 65.7 Å². The Labute approximate surface area is 237 Å². The van der Waals surface area contributed by atoms with Crippen LogP contribution in [0, 0.1) is 0 Å². The summed E-state index contributed by atoms with van der Waals surface area (Å²) >= 11 is 0. The highest BCUT2D eigenvalue weighted by atomic mass is 16.6. The van der Waals surface area contributed by atoms with Crippen LogP contribution < -0.4 is 15.4 Å². The molecule has 0 saturated heterocycles. The average molecular weight is 557 g/mol. The third-order valence-corrected chi connectivity index (χ3v) is 6.46. The molecule has 0 saturated carbocycles. The fourth-order valence-corrected chi connectivity index (χ4v) is 4.17. The zero-order chi connectivity index (χ0) is 29.6. The van der Waals surface area contributed by atoms with Gasteiger partial charge in [-0.3, -0.25) is 9.59 Å². The van der Waals surface area contributed by atoms with Gasteiger partial charge in [0.05, 0.1) is 19.6 Å². The second-order valence-electron chi connectivity index (χ2n) is 10.8. The van der Waals surface area contributed by atoms with Crippen molar-refractivity contribution in [1.29, 1.82) is 0 Å². The van der Waals surface area contributed by atoms with E-state index in [-0.39, 0.29) is 11.9 Å². The van der Waals surface area contributed by atoms with E-state index in [1.165, 1.54) is 14.2 Å². The molecular weight excluding hydrogens is 512 g/mol. The van der Waals surface area contributed by atoms with E-state index in [2.05, 4.69) is 10.6 Å². The van der Waals surface area contributed by atoms with Gasteiger partial charge in [0.15, 0.2) is 0 Å². The highest BCUT2D eigenvalue weighted by Gasteiger charge is 2.36. The van der Waals surface area contributed by atoms with Gasteiger partial charge in [-0.1, -0.05) is 42.5 Å². The lowest BCUT2D eigenvalue weighted by molar-refractivity contribution is -0.147. The first kappa shape index (κ1) is 32.6. The summed E-state index contributed by atoms with van der Waals surface area (Å²) in [5.41, 5.74) is 0.367. The molecule has 0 heterocycles. The average Bonchev–Trinajstić information content (AvgIpc) is 2.93. The van der Waals surface area contributed by atoms with Crippen LogP contribution in [-0.2, 0) is 35.8 Å². The van der Waals surface area contributed by atoms with Crippen molar-refractivity contribution >= 4 is 18.0 Å². The van der Waals surface area contributed by atoms with Crippen molar-refractivity contribution in [2.24, 2.45) is 0 Å². The number of carbonyl (C=O) groups excluding carboxylic acids is 3. The summed E-state index contributed by atoms with van der Waals surface area (Å²) in [4.78, 5) is 37.0. The topological polar surface area (TPSA) is 112 Å². The van der Waals surface area contributed by atoms with E-state index in [0.29, 0.717) is 51.1 Å². The Bertz CT molecular complexity index is 1070. The van der Waals surface area contributed by atoms with Crippen LogP contribution in [-0.4, -0.2) is 57.0 Å². The third-order valence-electron chi connectivity index (χ3n) is 6.46. The monoisotopic (exact) mass is 556 g/mol. The Hall–Kier alpha value is -3.59. The summed E-state index contributed by atoms with van der Waals surface area (Å²) in [5.74, 6) is -0.0419. The van der Waals surface area contributed by atoms with Gasteiger partial charge < -0.3 is 29.6 Å². The summed E-state index contributed by atoms with van der Waals surface area (Å²) < 4.78 is 21.2. The maximum atomic E-state index is 12.9. The smallest absolute Gasteiger partial charge is 0.407 e. The summed E-state index contributed by atoms with van der Waals surface area (Å²) in [5, 5.41) is 5.95. The first-order valence-electron chi connectivity index (χ1n) is 13.6. The van der Waals surface area contributed by atoms with Gasteiger partial charge in [-0.15, -0.1) is 0 Å². The Balaban J connectivity index is 1.92. The van der Waals surface area contributed by atoms with Crippen LogP contribution in [0.25, 0.3) is 0 Å². The molecule has 2 N–H and O–H groups in total. The molecule has 0 aromatic heterocycles. The Morgan fingerprint density at radius 1 is 0.850 bits per heavy atom. The number of unbranched alkanes of at least 4 members (excludes halogenated alkanes) is 1. The number of nitrogens with one attached hydrogen (secondary N) is 2. The zero-order valence-corrected chi connectivity index (χ0v) is 24.6. The number of hydrogen-bond donors (Lipinski definition) is 2. The van der Waals surface area contributed by atoms with Crippen LogP contribution in [0.15, 0.2) is 54.6 Å². The van der Waals surface area contributed by atoms with Gasteiger partial charge in [0.25, 0.3) is 0 Å². The minimum Gasteiger partial charge on any atom is -0.489 e. The normalized spacial score (nSPS) is 13.4. The molecule has 2 rings (SSSR count). The molecular formula is C31H44N2O7. The van der Waals surface area contributed by atoms with E-state index in [4.69, 9.17) is 18.9 Å². The quantitative estimate of drug-likeness (QED) is 0.181. The highest BCUT2D eigenvalue weighted by Crippen LogP contribution is 2.30. The Kier molecular flexibility index (Phi) is 12.9. The van der Waals surface area contributed by atoms with Crippen LogP contribution in [0.4, 0.5) is 4.79 Å². The molecule has 0 aliphatic carbocycles. The number of methoxy groups -OCH3 is 2. The fraction of sp³-hybridized carbons (Fsp3) is 0.516. The molecule has 0 fully saturated rings. The maximum Gasteiger partial charge on any atom is 0.407 e. The van der Waals surface area contributed by atoms with Crippen LogP contribution >= 0.6 is 0 Å². The summed E-state index contributed by atoms with van der Waals surface area (Å²) in [6.07, 6.45) is 1.81. The molecule has 0 radical (unpaired) electrons. The van der Waals surface area contributed by atoms with Crippen LogP contribution in [0.3, 0.4) is 0 Å². The van der Waals surface area contributed by atoms with E-state index in [9.17, 15) is 14.4 Å². The molecule has 9 nitrogen and oxygen atoms in total. The van der Waals surface area contributed by atoms with Crippen molar-refractivity contribution in [1.82, 2.24) is 10.6 Å². The number of benzene rings is 2. The lowest BCUT2D eigenvalue weighted by atomic mass is 9.79. The highest BCUT2D eigenvalue weighted by molar-refractivity contribution is 5.82. The number of carbonyl (C=O) groups is 3. The maximum absolute atomic E-state index is 12.9. The van der Waals surface area contributed by atoms with Gasteiger partial charge in [0.1, 0.15) is 24.0 Å². The predicted molar refractivity (Wildman–Crippen MR) is 153 cm³/mol. The number of amides is 1. The second kappa shape index (κ2) is 15.9. The summed E-state index contributed by atoms with van der Waals surface area (Å²) in [7, 11) is 2.72. The fourth-order valence-electron chi connectivity index (χ4n) is 4.17. The van der Waals surface area contributed by atoms with Gasteiger partial charge in [-0.2, -0.15) is 0 Å². The van der Waals surface area contributed by atoms with Crippen LogP contribution in [0.1, 0.15) is 64.5 Å². The molecule has 2 atom stereocenters. The first-order chi connectivity index (χ1) is 19.0. The van der Waals surface area contributed by atoms with Gasteiger partial charge in [0, 0.05) is 6.54 Å². The molecule has 9 heteroatoms. The van der Waals surface area contributed by atoms with E-state index in [1.54, 1.807) is 20.8 Å². The van der Waals surface area contributed by atoms with Crippen LogP contribution in [0.2, 0.25) is 0 Å². The molecule has 0 aliphatic heterocycles. The zero-order valence-electron chi connectivity index (χ0n) is 24.6. The van der Waals surface area contributed by atoms with Crippen molar-refractivity contribution in [2.75, 3.05) is 27.3 Å². The van der Waals surface area contributed by atoms with Gasteiger partial charge in [-0.05, 0) is 83.2 Å². The molecule has 220 valence electrons. The molecule has 2 aromatic rings. The second-order valence-corrected chi connectivity index (χ2v) is 10.8. The molecule has 1 unspecified atom stereocenters. The van der Waals surface area contributed by atoms with Gasteiger partial charge in [-0.25, -0.2) is 4.79 Å². The van der Waals surface area contributed by atoms with E-state index < -0.39 is 23.2 Å². The Morgan fingerprint density at radius 2 is 1.52 bits per heavy atom. The first-order valence-corrected chi connectivity index (χ1v) is 13.6. The minimum atomic E-state index is -0.933. The van der Waals surface area contributed by atoms with Crippen molar-refractivity contribution in [2.45, 2.75) is 77.0 Å². The minimum absolute atomic E-state index is 0.366. The van der Waals surface area contributed by atoms with Crippen molar-refractivity contribution < 1.29 is 33.3 Å². The largest absolute Gasteiger partial charge is 0.489 e. The predicted octanol–water partition coefficient (Wildman–Crippen LogP) is 4.91. The van der Waals surface area contributed by atoms with Gasteiger partial charge >= 0.3 is 18.0 Å². The number of rotatable bonds is 15. The summed E-state index contributed by atoms with van der Waals surface area (Å²) in [6.45, 7) is 8.52. The number of hydrogen-bond acceptors (Lipinski definition) is 8. The molecule has 40 heavy (non-hydrogen) atoms. The lowest BCUT2D eigenvalue weighted by Gasteiger charge is -2.28. The van der Waals surface area contributed by atoms with E-state index in [1.807, 2.05) is 61.5 Å². The molecule has 0 aliphatic rings. The van der Waals surface area contributed by atoms with Crippen molar-refractivity contribution in [3.8, 4) is 5.75 Å². The van der Waals surface area contributed by atoms with E-state index in [0.717, 1.165) is 11.1 Å². The third kappa shape index (κ3) is 10.9.